The second-order valence-corrected chi connectivity index (χ2v) is 19.6. The molecule has 0 spiro atoms. The third-order valence-corrected chi connectivity index (χ3v) is 12.7. The Hall–Kier alpha value is -6.94. The van der Waals surface area contributed by atoms with Crippen molar-refractivity contribution in [2.45, 2.75) is 66.2 Å². The number of phenolic OH excluding ortho intramolecular Hbond substituents is 1. The van der Waals surface area contributed by atoms with Crippen LogP contribution < -0.4 is 0 Å². The summed E-state index contributed by atoms with van der Waals surface area (Å²) in [6.45, 7) is 17.7. The number of rotatable bonds is 7. The molecule has 0 amide bonds. The fourth-order valence-corrected chi connectivity index (χ4v) is 9.16. The average Bonchev–Trinajstić information content (AvgIpc) is 3.65. The summed E-state index contributed by atoms with van der Waals surface area (Å²) in [7, 11) is 0. The van der Waals surface area contributed by atoms with Gasteiger partial charge in [0.25, 0.3) is 0 Å². The minimum atomic E-state index is -0.0524. The number of nitrogens with zero attached hydrogens (tertiary/aromatic N) is 4. The van der Waals surface area contributed by atoms with Gasteiger partial charge >= 0.3 is 0 Å². The van der Waals surface area contributed by atoms with Crippen LogP contribution in [0.4, 0.5) is 0 Å². The van der Waals surface area contributed by atoms with E-state index in [4.69, 9.17) is 9.97 Å². The number of aromatic hydroxyl groups is 1. The first-order chi connectivity index (χ1) is 31.7. The van der Waals surface area contributed by atoms with Crippen molar-refractivity contribution in [2.24, 2.45) is 0 Å². The van der Waals surface area contributed by atoms with Crippen molar-refractivity contribution < 1.29 is 26.2 Å². The molecule has 4 heterocycles. The number of aryl methyl sites for hydroxylation is 2. The minimum absolute atomic E-state index is 0. The fourth-order valence-electron chi connectivity index (χ4n) is 9.16. The molecule has 0 aliphatic carbocycles. The third-order valence-electron chi connectivity index (χ3n) is 12.7. The van der Waals surface area contributed by atoms with E-state index in [0.717, 1.165) is 78.4 Å². The van der Waals surface area contributed by atoms with Crippen LogP contribution in [0.15, 0.2) is 170 Å². The van der Waals surface area contributed by atoms with Crippen molar-refractivity contribution in [2.75, 3.05) is 0 Å². The summed E-state index contributed by atoms with van der Waals surface area (Å²) in [5, 5.41) is 13.5. The SMILES string of the molecule is Cc1cc(-c2ccc(-n3c4ccccc4c4cccc(-c5ccnc(-c6[c-]c(-c7cc(-c8cc(C(C)(C)C)cc(C(C)(C)C)c8)cc(-c8ccccc8O)n7)ccc6)c5)c43)cc2)cc(C)n1.[Pt]. The van der Waals surface area contributed by atoms with Crippen molar-refractivity contribution in [1.82, 2.24) is 19.5 Å². The summed E-state index contributed by atoms with van der Waals surface area (Å²) in [6.07, 6.45) is 1.90. The second-order valence-electron chi connectivity index (χ2n) is 19.6. The van der Waals surface area contributed by atoms with Gasteiger partial charge in [-0.05, 0) is 118 Å². The number of para-hydroxylation sites is 3. The van der Waals surface area contributed by atoms with E-state index in [1.807, 2.05) is 38.2 Å². The molecular weight excluding hydrogens is 1000 g/mol. The van der Waals surface area contributed by atoms with Crippen LogP contribution in [0.5, 0.6) is 5.75 Å². The van der Waals surface area contributed by atoms with Crippen LogP contribution in [0.1, 0.15) is 64.1 Å². The topological polar surface area (TPSA) is 63.8 Å². The molecule has 0 unspecified atom stereocenters. The number of fused-ring (bicyclic) bond motifs is 3. The molecule has 334 valence electrons. The van der Waals surface area contributed by atoms with Crippen LogP contribution in [-0.4, -0.2) is 24.6 Å². The monoisotopic (exact) mass is 1050 g/mol. The Morgan fingerprint density at radius 2 is 1.04 bits per heavy atom. The zero-order valence-electron chi connectivity index (χ0n) is 39.2. The summed E-state index contributed by atoms with van der Waals surface area (Å²) in [5.74, 6) is 0.187. The zero-order valence-corrected chi connectivity index (χ0v) is 41.5. The van der Waals surface area contributed by atoms with E-state index in [-0.39, 0.29) is 37.6 Å². The Morgan fingerprint density at radius 3 is 1.75 bits per heavy atom. The summed E-state index contributed by atoms with van der Waals surface area (Å²) >= 11 is 0. The predicted octanol–water partition coefficient (Wildman–Crippen LogP) is 15.7. The van der Waals surface area contributed by atoms with Crippen LogP contribution in [0, 0.1) is 19.9 Å². The number of benzene rings is 6. The van der Waals surface area contributed by atoms with E-state index < -0.39 is 0 Å². The molecule has 0 aliphatic heterocycles. The quantitative estimate of drug-likeness (QED) is 0.162. The van der Waals surface area contributed by atoms with Gasteiger partial charge in [-0.2, -0.15) is 0 Å². The zero-order chi connectivity index (χ0) is 45.9. The number of phenols is 1. The van der Waals surface area contributed by atoms with Crippen LogP contribution in [0.3, 0.4) is 0 Å². The molecule has 0 bridgehead atoms. The average molecular weight is 1050 g/mol. The number of pyridine rings is 3. The molecule has 4 aromatic heterocycles. The molecule has 5 nitrogen and oxygen atoms in total. The van der Waals surface area contributed by atoms with Crippen molar-refractivity contribution in [3.8, 4) is 78.6 Å². The fraction of sp³-hybridized carbons (Fsp3) is 0.164. The smallest absolute Gasteiger partial charge is 0.124 e. The Bertz CT molecular complexity index is 3430. The van der Waals surface area contributed by atoms with Crippen molar-refractivity contribution in [3.63, 3.8) is 0 Å². The van der Waals surface area contributed by atoms with E-state index in [9.17, 15) is 5.11 Å². The van der Waals surface area contributed by atoms with Crippen LogP contribution in [-0.2, 0) is 31.9 Å². The number of hydrogen-bond donors (Lipinski definition) is 1. The predicted molar refractivity (Wildman–Crippen MR) is 274 cm³/mol. The van der Waals surface area contributed by atoms with Gasteiger partial charge in [-0.25, -0.2) is 0 Å². The summed E-state index contributed by atoms with van der Waals surface area (Å²) < 4.78 is 2.39. The largest absolute Gasteiger partial charge is 0.507 e. The molecule has 0 radical (unpaired) electrons. The normalized spacial score (nSPS) is 11.8. The van der Waals surface area contributed by atoms with Crippen LogP contribution in [0.25, 0.3) is 94.6 Å². The first kappa shape index (κ1) is 45.2. The molecule has 10 rings (SSSR count). The maximum Gasteiger partial charge on any atom is 0.124 e. The van der Waals surface area contributed by atoms with E-state index in [1.54, 1.807) is 6.07 Å². The van der Waals surface area contributed by atoms with Gasteiger partial charge in [0.05, 0.1) is 16.7 Å². The summed E-state index contributed by atoms with van der Waals surface area (Å²) in [6, 6.07) is 61.2. The Labute approximate surface area is 408 Å². The third kappa shape index (κ3) is 8.89. The molecule has 6 aromatic carbocycles. The van der Waals surface area contributed by atoms with Crippen molar-refractivity contribution >= 4 is 21.8 Å². The molecule has 6 heteroatoms. The van der Waals surface area contributed by atoms with Crippen molar-refractivity contribution in [3.05, 3.63) is 199 Å². The van der Waals surface area contributed by atoms with Gasteiger partial charge in [0, 0.05) is 77.6 Å². The molecular formula is C61H53N4OPt-. The van der Waals surface area contributed by atoms with Crippen LogP contribution >= 0.6 is 0 Å². The number of hydrogen-bond acceptors (Lipinski definition) is 4. The van der Waals surface area contributed by atoms with Crippen LogP contribution in [0.2, 0.25) is 0 Å². The van der Waals surface area contributed by atoms with E-state index in [2.05, 4.69) is 197 Å². The van der Waals surface area contributed by atoms with E-state index in [1.165, 1.54) is 27.5 Å². The van der Waals surface area contributed by atoms with Gasteiger partial charge in [0.1, 0.15) is 5.75 Å². The molecule has 0 saturated carbocycles. The van der Waals surface area contributed by atoms with E-state index in [0.29, 0.717) is 11.3 Å². The Morgan fingerprint density at radius 1 is 0.478 bits per heavy atom. The molecule has 1 N–H and O–H groups in total. The summed E-state index contributed by atoms with van der Waals surface area (Å²) in [4.78, 5) is 14.7. The van der Waals surface area contributed by atoms with Gasteiger partial charge in [-0.3, -0.25) is 15.0 Å². The Kier molecular flexibility index (Phi) is 11.9. The molecule has 0 aliphatic rings. The second kappa shape index (κ2) is 17.7. The Balaban J connectivity index is 0.00000562. The number of aromatic nitrogens is 4. The van der Waals surface area contributed by atoms with Gasteiger partial charge in [-0.15, -0.1) is 24.3 Å². The van der Waals surface area contributed by atoms with Gasteiger partial charge in [-0.1, -0.05) is 144 Å². The van der Waals surface area contributed by atoms with Gasteiger partial charge < -0.3 is 9.67 Å². The maximum atomic E-state index is 11.1. The van der Waals surface area contributed by atoms with Gasteiger partial charge in [0.2, 0.25) is 0 Å². The molecule has 0 saturated heterocycles. The van der Waals surface area contributed by atoms with Crippen molar-refractivity contribution in [1.29, 1.82) is 0 Å². The molecule has 10 aromatic rings. The summed E-state index contributed by atoms with van der Waals surface area (Å²) in [5.41, 5.74) is 19.1. The first-order valence-electron chi connectivity index (χ1n) is 22.7. The van der Waals surface area contributed by atoms with E-state index >= 15 is 0 Å². The standard InChI is InChI=1S/C61H53N4O.Pt/c1-38-29-44(30-39(2)63-38)40-23-25-49(26-24-40)65-57-21-11-9-17-51(57)52-20-14-19-50(59(52)65)41-27-28-62-54(34-41)42-15-13-16-43(31-42)55-35-46(36-56(64-55)53-18-10-12-22-58(53)66)45-32-47(60(3,4)5)37-48(33-45)61(6,7)8;/h9-30,32-37,66H,1-8H3;/q-1;. The first-order valence-corrected chi connectivity index (χ1v) is 22.7. The molecule has 67 heavy (non-hydrogen) atoms. The molecule has 0 fully saturated rings. The van der Waals surface area contributed by atoms with Gasteiger partial charge in [0.15, 0.2) is 0 Å². The minimum Gasteiger partial charge on any atom is -0.507 e. The maximum absolute atomic E-state index is 11.1. The molecule has 0 atom stereocenters.